The number of hydrogen-bond donors (Lipinski definition) is 2. The first-order chi connectivity index (χ1) is 16.9. The molecule has 2 amide bonds. The predicted octanol–water partition coefficient (Wildman–Crippen LogP) is 3.33. The van der Waals surface area contributed by atoms with Crippen molar-refractivity contribution in [2.24, 2.45) is 0 Å². The van der Waals surface area contributed by atoms with Crippen LogP contribution in [0.15, 0.2) is 42.5 Å². The van der Waals surface area contributed by atoms with Gasteiger partial charge in [-0.2, -0.15) is 0 Å². The van der Waals surface area contributed by atoms with Crippen molar-refractivity contribution in [3.8, 4) is 11.8 Å². The number of nitrogens with zero attached hydrogens (tertiary/aromatic N) is 3. The highest BCUT2D eigenvalue weighted by Crippen LogP contribution is 2.42. The summed E-state index contributed by atoms with van der Waals surface area (Å²) in [7, 11) is 3.95. The Hall–Kier alpha value is -2.99. The Morgan fingerprint density at radius 2 is 1.89 bits per heavy atom. The van der Waals surface area contributed by atoms with E-state index in [-0.39, 0.29) is 30.3 Å². The maximum absolute atomic E-state index is 14.1. The molecule has 2 N–H and O–H groups in total. The third-order valence-corrected chi connectivity index (χ3v) is 6.75. The fourth-order valence-electron chi connectivity index (χ4n) is 5.00. The lowest BCUT2D eigenvalue weighted by atomic mass is 9.74. The van der Waals surface area contributed by atoms with Gasteiger partial charge in [-0.15, -0.1) is 0 Å². The van der Waals surface area contributed by atoms with Gasteiger partial charge in [-0.1, -0.05) is 24.0 Å². The molecule has 2 aliphatic rings. The highest BCUT2D eigenvalue weighted by Gasteiger charge is 2.49. The molecule has 8 heteroatoms. The average molecular weight is 483 g/mol. The number of anilines is 1. The second-order valence-corrected chi connectivity index (χ2v) is 9.45. The Bertz CT molecular complexity index is 1100. The number of carbonyl (C=O) groups is 1. The molecule has 2 aliphatic heterocycles. The molecule has 0 aromatic heterocycles. The van der Waals surface area contributed by atoms with E-state index in [1.54, 1.807) is 4.90 Å². The first-order valence-corrected chi connectivity index (χ1v) is 12.0. The number of benzene rings is 2. The summed E-state index contributed by atoms with van der Waals surface area (Å²) in [5.41, 5.74) is 1.86. The first kappa shape index (κ1) is 25.1. The Kier molecular flexibility index (Phi) is 8.01. The minimum atomic E-state index is -0.677. The van der Waals surface area contributed by atoms with Crippen LogP contribution in [0, 0.1) is 23.5 Å². The number of urea groups is 1. The van der Waals surface area contributed by atoms with E-state index in [0.29, 0.717) is 19.6 Å². The zero-order valence-corrected chi connectivity index (χ0v) is 20.2. The Morgan fingerprint density at radius 1 is 1.14 bits per heavy atom. The molecule has 2 saturated heterocycles. The van der Waals surface area contributed by atoms with Crippen LogP contribution in [0.1, 0.15) is 29.9 Å². The van der Waals surface area contributed by atoms with Crippen LogP contribution in [0.3, 0.4) is 0 Å². The number of halogens is 2. The lowest BCUT2D eigenvalue weighted by Gasteiger charge is -2.57. The van der Waals surface area contributed by atoms with E-state index < -0.39 is 17.7 Å². The molecule has 6 nitrogen and oxygen atoms in total. The van der Waals surface area contributed by atoms with Crippen molar-refractivity contribution in [3.05, 3.63) is 65.2 Å². The number of rotatable bonds is 4. The van der Waals surface area contributed by atoms with E-state index in [9.17, 15) is 18.7 Å². The summed E-state index contributed by atoms with van der Waals surface area (Å²) in [5.74, 6) is 5.06. The number of fused-ring (bicyclic) bond motifs is 1. The minimum absolute atomic E-state index is 0.0191. The average Bonchev–Trinajstić information content (AvgIpc) is 2.81. The van der Waals surface area contributed by atoms with Gasteiger partial charge in [-0.05, 0) is 63.3 Å². The van der Waals surface area contributed by atoms with Gasteiger partial charge in [0.2, 0.25) is 0 Å². The van der Waals surface area contributed by atoms with Crippen LogP contribution < -0.4 is 5.32 Å². The molecule has 0 unspecified atom stereocenters. The van der Waals surface area contributed by atoms with Gasteiger partial charge in [-0.3, -0.25) is 9.80 Å². The van der Waals surface area contributed by atoms with Crippen LogP contribution in [0.5, 0.6) is 0 Å². The van der Waals surface area contributed by atoms with Gasteiger partial charge in [0, 0.05) is 42.7 Å². The van der Waals surface area contributed by atoms with Gasteiger partial charge in [0.15, 0.2) is 0 Å². The van der Waals surface area contributed by atoms with Crippen LogP contribution >= 0.6 is 0 Å². The zero-order chi connectivity index (χ0) is 24.9. The second kappa shape index (κ2) is 11.2. The molecule has 0 spiro atoms. The molecule has 4 rings (SSSR count). The summed E-state index contributed by atoms with van der Waals surface area (Å²) in [6.45, 7) is 2.55. The van der Waals surface area contributed by atoms with Crippen LogP contribution in [0.2, 0.25) is 0 Å². The maximum atomic E-state index is 14.1. The molecule has 2 aromatic rings. The Morgan fingerprint density at radius 3 is 2.60 bits per heavy atom. The smallest absolute Gasteiger partial charge is 0.321 e. The molecule has 3 atom stereocenters. The van der Waals surface area contributed by atoms with Crippen LogP contribution in [0.25, 0.3) is 0 Å². The summed E-state index contributed by atoms with van der Waals surface area (Å²) < 4.78 is 27.6. The van der Waals surface area contributed by atoms with Crippen molar-refractivity contribution in [1.29, 1.82) is 0 Å². The number of amides is 2. The van der Waals surface area contributed by atoms with Gasteiger partial charge in [-0.25, -0.2) is 13.6 Å². The lowest BCUT2D eigenvalue weighted by Crippen LogP contribution is -2.68. The van der Waals surface area contributed by atoms with Crippen LogP contribution in [-0.2, 0) is 0 Å². The highest BCUT2D eigenvalue weighted by molar-refractivity contribution is 5.89. The second-order valence-electron chi connectivity index (χ2n) is 9.45. The van der Waals surface area contributed by atoms with Crippen LogP contribution in [0.4, 0.5) is 19.3 Å². The molecule has 35 heavy (non-hydrogen) atoms. The van der Waals surface area contributed by atoms with Crippen molar-refractivity contribution in [3.63, 3.8) is 0 Å². The molecule has 0 radical (unpaired) electrons. The number of carbonyl (C=O) groups excluding carboxylic acids is 1. The van der Waals surface area contributed by atoms with E-state index >= 15 is 0 Å². The summed E-state index contributed by atoms with van der Waals surface area (Å²) >= 11 is 0. The van der Waals surface area contributed by atoms with Crippen molar-refractivity contribution >= 4 is 11.7 Å². The van der Waals surface area contributed by atoms with Gasteiger partial charge >= 0.3 is 6.03 Å². The first-order valence-electron chi connectivity index (χ1n) is 12.0. The predicted molar refractivity (Wildman–Crippen MR) is 132 cm³/mol. The van der Waals surface area contributed by atoms with Crippen molar-refractivity contribution < 1.29 is 18.7 Å². The quantitative estimate of drug-likeness (QED) is 0.657. The van der Waals surface area contributed by atoms with E-state index in [1.807, 2.05) is 31.1 Å². The molecule has 2 fully saturated rings. The maximum Gasteiger partial charge on any atom is 0.321 e. The monoisotopic (exact) mass is 482 g/mol. The van der Waals surface area contributed by atoms with E-state index in [2.05, 4.69) is 34.2 Å². The van der Waals surface area contributed by atoms with E-state index in [4.69, 9.17) is 0 Å². The standard InChI is InChI=1S/C27H32F2N4O2/c1-31(2)13-5-6-19-7-9-20(10-8-19)26-24-17-32(14-3-4-15-33(24)25(26)18-34)27(35)30-23-16-21(28)11-12-22(23)29/h7-12,16,24-26,34H,3-4,13-15,17-18H2,1-2H3,(H,30,35)/t24-,25+,26+/m0/s1. The molecule has 2 aromatic carbocycles. The van der Waals surface area contributed by atoms with Crippen molar-refractivity contribution in [1.82, 2.24) is 14.7 Å². The van der Waals surface area contributed by atoms with Gasteiger partial charge < -0.3 is 15.3 Å². The molecule has 2 heterocycles. The third-order valence-electron chi connectivity index (χ3n) is 6.75. The number of aliphatic hydroxyl groups is 1. The topological polar surface area (TPSA) is 59.1 Å². The SMILES string of the molecule is CN(C)CC#Cc1ccc([C@H]2[C@@H](CO)N3CCCCN(C(=O)Nc4cc(F)ccc4F)C[C@@H]23)cc1. The largest absolute Gasteiger partial charge is 0.395 e. The van der Waals surface area contributed by atoms with Gasteiger partial charge in [0.25, 0.3) is 0 Å². The fraction of sp³-hybridized carbons (Fsp3) is 0.444. The zero-order valence-electron chi connectivity index (χ0n) is 20.2. The molecule has 0 aliphatic carbocycles. The third kappa shape index (κ3) is 5.81. The van der Waals surface area contributed by atoms with Crippen molar-refractivity contribution in [2.75, 3.05) is 52.2 Å². The van der Waals surface area contributed by atoms with E-state index in [1.165, 1.54) is 0 Å². The minimum Gasteiger partial charge on any atom is -0.395 e. The lowest BCUT2D eigenvalue weighted by molar-refractivity contribution is -0.0585. The Balaban J connectivity index is 1.50. The number of aliphatic hydroxyl groups excluding tert-OH is 1. The molecular formula is C27H32F2N4O2. The van der Waals surface area contributed by atoms with E-state index in [0.717, 1.165) is 48.7 Å². The number of hydrogen-bond acceptors (Lipinski definition) is 4. The molecule has 0 bridgehead atoms. The fourth-order valence-corrected chi connectivity index (χ4v) is 5.00. The van der Waals surface area contributed by atoms with Gasteiger partial charge in [0.05, 0.1) is 18.8 Å². The summed E-state index contributed by atoms with van der Waals surface area (Å²) in [4.78, 5) is 18.9. The van der Waals surface area contributed by atoms with Crippen molar-refractivity contribution in [2.45, 2.75) is 30.8 Å². The normalized spacial score (nSPS) is 22.3. The Labute approximate surface area is 205 Å². The molecule has 0 saturated carbocycles. The molecule has 186 valence electrons. The summed E-state index contributed by atoms with van der Waals surface area (Å²) in [5, 5.41) is 12.7. The number of nitrogens with one attached hydrogen (secondary N) is 1. The molecular weight excluding hydrogens is 450 g/mol. The summed E-state index contributed by atoms with van der Waals surface area (Å²) in [6.07, 6.45) is 1.68. The summed E-state index contributed by atoms with van der Waals surface area (Å²) in [6, 6.07) is 10.7. The highest BCUT2D eigenvalue weighted by atomic mass is 19.1. The van der Waals surface area contributed by atoms with Gasteiger partial charge in [0.1, 0.15) is 11.6 Å². The van der Waals surface area contributed by atoms with Crippen LogP contribution in [-0.4, -0.2) is 84.8 Å².